The molecule has 0 aliphatic heterocycles. The average Bonchev–Trinajstić information content (AvgIpc) is 3.62. The zero-order chi connectivity index (χ0) is 30.0. The molecule has 0 amide bonds. The highest BCUT2D eigenvalue weighted by molar-refractivity contribution is 7.25. The number of thiophene rings is 1. The Morgan fingerprint density at radius 3 is 2.02 bits per heavy atom. The lowest BCUT2D eigenvalue weighted by Gasteiger charge is -2.28. The lowest BCUT2D eigenvalue weighted by atomic mass is 9.74. The largest absolute Gasteiger partial charge is 0.228 e. The fourth-order valence-corrected chi connectivity index (χ4v) is 8.32. The van der Waals surface area contributed by atoms with Crippen molar-refractivity contribution in [3.8, 4) is 45.0 Å². The van der Waals surface area contributed by atoms with Gasteiger partial charge in [-0.2, -0.15) is 0 Å². The van der Waals surface area contributed by atoms with Gasteiger partial charge in [-0.3, -0.25) is 0 Å². The topological polar surface area (TPSA) is 25.8 Å². The number of aromatic nitrogens is 2. The van der Waals surface area contributed by atoms with E-state index in [4.69, 9.17) is 9.97 Å². The van der Waals surface area contributed by atoms with Gasteiger partial charge in [-0.05, 0) is 52.9 Å². The molecule has 0 radical (unpaired) electrons. The van der Waals surface area contributed by atoms with Crippen LogP contribution in [-0.2, 0) is 5.41 Å². The van der Waals surface area contributed by atoms with Crippen LogP contribution in [0.15, 0.2) is 152 Å². The highest BCUT2D eigenvalue weighted by Crippen LogP contribution is 2.55. The smallest absolute Gasteiger partial charge is 0.160 e. The van der Waals surface area contributed by atoms with E-state index in [0.717, 1.165) is 33.9 Å². The van der Waals surface area contributed by atoms with E-state index in [1.807, 2.05) is 17.4 Å². The number of rotatable bonds is 4. The van der Waals surface area contributed by atoms with Gasteiger partial charge in [0.15, 0.2) is 5.82 Å². The third-order valence-electron chi connectivity index (χ3n) is 9.40. The Kier molecular flexibility index (Phi) is 5.84. The second-order valence-electron chi connectivity index (χ2n) is 11.9. The summed E-state index contributed by atoms with van der Waals surface area (Å²) in [5.41, 5.74) is 11.3. The van der Waals surface area contributed by atoms with E-state index in [1.54, 1.807) is 0 Å². The first-order chi connectivity index (χ1) is 22.2. The zero-order valence-electron chi connectivity index (χ0n) is 24.7. The maximum Gasteiger partial charge on any atom is 0.160 e. The van der Waals surface area contributed by atoms with E-state index >= 15 is 0 Å². The molecule has 1 aliphatic rings. The van der Waals surface area contributed by atoms with Crippen LogP contribution < -0.4 is 0 Å². The Labute approximate surface area is 266 Å². The molecule has 3 heteroatoms. The number of hydrogen-bond donors (Lipinski definition) is 0. The van der Waals surface area contributed by atoms with Crippen molar-refractivity contribution in [2.24, 2.45) is 0 Å². The van der Waals surface area contributed by atoms with E-state index in [9.17, 15) is 0 Å². The first kappa shape index (κ1) is 26.1. The number of fused-ring (bicyclic) bond motifs is 6. The van der Waals surface area contributed by atoms with Crippen LogP contribution in [0.25, 0.3) is 65.2 Å². The Morgan fingerprint density at radius 1 is 0.489 bits per heavy atom. The van der Waals surface area contributed by atoms with E-state index in [-0.39, 0.29) is 5.41 Å². The maximum atomic E-state index is 5.26. The molecule has 6 aromatic carbocycles. The molecule has 2 aromatic heterocycles. The molecule has 0 spiro atoms. The minimum atomic E-state index is -0.270. The number of benzene rings is 6. The Morgan fingerprint density at radius 2 is 1.16 bits per heavy atom. The molecule has 0 fully saturated rings. The molecule has 9 rings (SSSR count). The molecule has 1 atom stereocenters. The molecule has 2 nitrogen and oxygen atoms in total. The third kappa shape index (κ3) is 4.01. The van der Waals surface area contributed by atoms with Crippen LogP contribution in [-0.4, -0.2) is 9.97 Å². The molecular weight excluding hydrogens is 565 g/mol. The van der Waals surface area contributed by atoms with E-state index < -0.39 is 0 Å². The monoisotopic (exact) mass is 592 g/mol. The summed E-state index contributed by atoms with van der Waals surface area (Å²) < 4.78 is 2.57. The summed E-state index contributed by atoms with van der Waals surface area (Å²) in [5.74, 6) is 0.731. The second kappa shape index (κ2) is 10.1. The summed E-state index contributed by atoms with van der Waals surface area (Å²) in [6.07, 6.45) is 0. The van der Waals surface area contributed by atoms with Gasteiger partial charge in [0.2, 0.25) is 0 Å². The van der Waals surface area contributed by atoms with Crippen molar-refractivity contribution in [1.82, 2.24) is 9.97 Å². The standard InChI is InChI=1S/C42H28N2S/c1-42(29-15-6-3-7-16-29)34-20-10-8-18-32(34)40-33(19-12-21-35(40)42)37-26-36(43-41(44-37)27-13-4-2-5-14-27)28-23-24-31-30-17-9-11-22-38(30)45-39(31)25-28/h2-26H,1H3. The SMILES string of the molecule is CC1(c2ccccc2)c2ccccc2-c2c(-c3cc(-c4ccc5c(c4)sc4ccccc45)nc(-c4ccccc4)n3)cccc21. The van der Waals surface area contributed by atoms with Gasteiger partial charge < -0.3 is 0 Å². The van der Waals surface area contributed by atoms with E-state index in [0.29, 0.717) is 0 Å². The summed E-state index contributed by atoms with van der Waals surface area (Å²) in [6, 6.07) is 54.3. The Hall–Kier alpha value is -5.38. The summed E-state index contributed by atoms with van der Waals surface area (Å²) in [5, 5.41) is 2.59. The van der Waals surface area contributed by atoms with Crippen molar-refractivity contribution in [1.29, 1.82) is 0 Å². The molecule has 0 saturated carbocycles. The molecule has 0 saturated heterocycles. The van der Waals surface area contributed by atoms with E-state index in [1.165, 1.54) is 48.0 Å². The van der Waals surface area contributed by atoms with Gasteiger partial charge in [0.25, 0.3) is 0 Å². The van der Waals surface area contributed by atoms with Gasteiger partial charge in [0.1, 0.15) is 0 Å². The average molecular weight is 593 g/mol. The maximum absolute atomic E-state index is 5.26. The molecule has 0 N–H and O–H groups in total. The predicted octanol–water partition coefficient (Wildman–Crippen LogP) is 11.2. The predicted molar refractivity (Wildman–Crippen MR) is 189 cm³/mol. The second-order valence-corrected chi connectivity index (χ2v) is 13.0. The van der Waals surface area contributed by atoms with Crippen LogP contribution in [0.1, 0.15) is 23.6 Å². The fraction of sp³-hybridized carbons (Fsp3) is 0.0476. The van der Waals surface area contributed by atoms with Crippen molar-refractivity contribution in [3.05, 3.63) is 168 Å². The molecule has 1 unspecified atom stereocenters. The summed E-state index contributed by atoms with van der Waals surface area (Å²) >= 11 is 1.83. The molecule has 212 valence electrons. The van der Waals surface area contributed by atoms with Gasteiger partial charge in [-0.15, -0.1) is 11.3 Å². The van der Waals surface area contributed by atoms with Crippen LogP contribution in [0.2, 0.25) is 0 Å². The summed E-state index contributed by atoms with van der Waals surface area (Å²) in [7, 11) is 0. The van der Waals surface area contributed by atoms with Gasteiger partial charge in [-0.1, -0.05) is 133 Å². The Balaban J connectivity index is 1.29. The van der Waals surface area contributed by atoms with Crippen LogP contribution in [0, 0.1) is 0 Å². The Bertz CT molecular complexity index is 2390. The summed E-state index contributed by atoms with van der Waals surface area (Å²) in [4.78, 5) is 10.4. The number of nitrogens with zero attached hydrogens (tertiary/aromatic N) is 2. The normalized spacial score (nSPS) is 15.3. The molecule has 1 aliphatic carbocycles. The van der Waals surface area contributed by atoms with Crippen molar-refractivity contribution in [3.63, 3.8) is 0 Å². The minimum Gasteiger partial charge on any atom is -0.228 e. The molecule has 8 aromatic rings. The quantitative estimate of drug-likeness (QED) is 0.203. The van der Waals surface area contributed by atoms with Gasteiger partial charge >= 0.3 is 0 Å². The van der Waals surface area contributed by atoms with Crippen molar-refractivity contribution in [2.45, 2.75) is 12.3 Å². The zero-order valence-corrected chi connectivity index (χ0v) is 25.6. The molecular formula is C42H28N2S. The summed E-state index contributed by atoms with van der Waals surface area (Å²) in [6.45, 7) is 2.36. The van der Waals surface area contributed by atoms with Crippen molar-refractivity contribution < 1.29 is 0 Å². The highest BCUT2D eigenvalue weighted by atomic mass is 32.1. The van der Waals surface area contributed by atoms with Crippen molar-refractivity contribution in [2.75, 3.05) is 0 Å². The van der Waals surface area contributed by atoms with Gasteiger partial charge in [-0.25, -0.2) is 9.97 Å². The first-order valence-corrected chi connectivity index (χ1v) is 16.2. The van der Waals surface area contributed by atoms with Crippen molar-refractivity contribution >= 4 is 31.5 Å². The fourth-order valence-electron chi connectivity index (χ4n) is 7.17. The van der Waals surface area contributed by atoms with Crippen LogP contribution in [0.3, 0.4) is 0 Å². The molecule has 0 bridgehead atoms. The minimum absolute atomic E-state index is 0.270. The highest BCUT2D eigenvalue weighted by Gasteiger charge is 2.41. The molecule has 2 heterocycles. The lowest BCUT2D eigenvalue weighted by molar-refractivity contribution is 0.714. The molecule has 45 heavy (non-hydrogen) atoms. The van der Waals surface area contributed by atoms with Crippen LogP contribution in [0.5, 0.6) is 0 Å². The van der Waals surface area contributed by atoms with E-state index in [2.05, 4.69) is 153 Å². The lowest BCUT2D eigenvalue weighted by Crippen LogP contribution is -2.22. The van der Waals surface area contributed by atoms with Crippen LogP contribution in [0.4, 0.5) is 0 Å². The first-order valence-electron chi connectivity index (χ1n) is 15.3. The van der Waals surface area contributed by atoms with Crippen LogP contribution >= 0.6 is 11.3 Å². The van der Waals surface area contributed by atoms with Gasteiger partial charge in [0, 0.05) is 42.3 Å². The third-order valence-corrected chi connectivity index (χ3v) is 10.5. The van der Waals surface area contributed by atoms with Gasteiger partial charge in [0.05, 0.1) is 11.4 Å². The number of hydrogen-bond acceptors (Lipinski definition) is 3.